The van der Waals surface area contributed by atoms with E-state index in [4.69, 9.17) is 18.7 Å². The van der Waals surface area contributed by atoms with Crippen LogP contribution in [-0.4, -0.2) is 28.9 Å². The number of hydrogen-bond acceptors (Lipinski definition) is 9. The van der Waals surface area contributed by atoms with Crippen LogP contribution in [0, 0.1) is 17.0 Å². The summed E-state index contributed by atoms with van der Waals surface area (Å²) in [6, 6.07) is 10.4. The number of nitro groups is 1. The van der Waals surface area contributed by atoms with E-state index in [0.29, 0.717) is 28.3 Å². The molecule has 0 bridgehead atoms. The zero-order valence-corrected chi connectivity index (χ0v) is 17.7. The van der Waals surface area contributed by atoms with E-state index < -0.39 is 10.9 Å². The predicted octanol–water partition coefficient (Wildman–Crippen LogP) is 4.05. The molecular weight excluding hydrogens is 432 g/mol. The number of ketones is 1. The van der Waals surface area contributed by atoms with E-state index in [-0.39, 0.29) is 41.6 Å². The second-order valence-corrected chi connectivity index (χ2v) is 7.21. The molecule has 33 heavy (non-hydrogen) atoms. The molecule has 0 N–H and O–H groups in total. The highest BCUT2D eigenvalue weighted by Crippen LogP contribution is 2.37. The number of ether oxygens (including phenoxy) is 3. The Morgan fingerprint density at radius 3 is 2.64 bits per heavy atom. The van der Waals surface area contributed by atoms with Gasteiger partial charge in [0.05, 0.1) is 24.0 Å². The van der Waals surface area contributed by atoms with Gasteiger partial charge >= 0.3 is 5.97 Å². The molecule has 3 aromatic rings. The van der Waals surface area contributed by atoms with Gasteiger partial charge in [0.1, 0.15) is 17.3 Å². The molecule has 1 aliphatic heterocycles. The first-order chi connectivity index (χ1) is 15.8. The summed E-state index contributed by atoms with van der Waals surface area (Å²) in [6.07, 6.45) is 1.85. The van der Waals surface area contributed by atoms with Crippen LogP contribution in [0.1, 0.15) is 33.7 Å². The third kappa shape index (κ3) is 4.74. The number of carbonyl (C=O) groups is 2. The van der Waals surface area contributed by atoms with Crippen LogP contribution in [0.15, 0.2) is 52.7 Å². The van der Waals surface area contributed by atoms with Crippen molar-refractivity contribution in [3.63, 3.8) is 0 Å². The summed E-state index contributed by atoms with van der Waals surface area (Å²) < 4.78 is 21.1. The zero-order chi connectivity index (χ0) is 23.5. The lowest BCUT2D eigenvalue weighted by atomic mass is 10.0. The molecule has 0 amide bonds. The lowest BCUT2D eigenvalue weighted by molar-refractivity contribution is -0.384. The predicted molar refractivity (Wildman–Crippen MR) is 114 cm³/mol. The Labute approximate surface area is 187 Å². The molecule has 10 heteroatoms. The minimum atomic E-state index is -0.501. The number of esters is 1. The van der Waals surface area contributed by atoms with Crippen LogP contribution in [0.5, 0.6) is 17.4 Å². The van der Waals surface area contributed by atoms with Gasteiger partial charge in [-0.1, -0.05) is 0 Å². The maximum atomic E-state index is 12.8. The summed E-state index contributed by atoms with van der Waals surface area (Å²) in [5, 5.41) is 14.5. The van der Waals surface area contributed by atoms with Crippen LogP contribution in [-0.2, 0) is 11.2 Å². The average molecular weight is 450 g/mol. The topological polar surface area (TPSA) is 131 Å². The molecule has 0 saturated heterocycles. The number of fused-ring (bicyclic) bond motifs is 1. The zero-order valence-electron chi connectivity index (χ0n) is 17.7. The minimum Gasteiger partial charge on any atom is -0.479 e. The van der Waals surface area contributed by atoms with Gasteiger partial charge in [0, 0.05) is 30.7 Å². The van der Waals surface area contributed by atoms with Crippen LogP contribution in [0.2, 0.25) is 0 Å². The smallest absolute Gasteiger partial charge is 0.311 e. The number of nitro benzene ring substituents is 1. The van der Waals surface area contributed by atoms with Crippen LogP contribution < -0.4 is 14.2 Å². The molecule has 0 radical (unpaired) electrons. The van der Waals surface area contributed by atoms with Crippen LogP contribution >= 0.6 is 0 Å². The third-order valence-corrected chi connectivity index (χ3v) is 4.90. The summed E-state index contributed by atoms with van der Waals surface area (Å²) in [4.78, 5) is 35.3. The highest BCUT2D eigenvalue weighted by molar-refractivity contribution is 6.15. The second kappa shape index (κ2) is 8.95. The third-order valence-electron chi connectivity index (χ3n) is 4.90. The standard InChI is InChI=1S/C23H18N2O8/c1-13-9-17(31-21(26)8-7-16-12-20(30-2)24-33-16)11-18-22(13)23(27)19(32-18)10-14-3-5-15(6-4-14)25(28)29/h3-6,9-12H,7-8H2,1-2H3/b19-10-. The number of aromatic nitrogens is 1. The van der Waals surface area contributed by atoms with Gasteiger partial charge in [-0.2, -0.15) is 0 Å². The quantitative estimate of drug-likeness (QED) is 0.172. The number of hydrogen-bond donors (Lipinski definition) is 0. The fraction of sp³-hybridized carbons (Fsp3) is 0.174. The maximum absolute atomic E-state index is 12.8. The van der Waals surface area contributed by atoms with Crippen LogP contribution in [0.4, 0.5) is 5.69 Å². The number of rotatable bonds is 7. The van der Waals surface area contributed by atoms with Crippen molar-refractivity contribution in [2.24, 2.45) is 0 Å². The monoisotopic (exact) mass is 450 g/mol. The van der Waals surface area contributed by atoms with Crippen molar-refractivity contribution in [3.8, 4) is 17.4 Å². The number of benzene rings is 2. The fourth-order valence-corrected chi connectivity index (χ4v) is 3.30. The van der Waals surface area contributed by atoms with Crippen LogP contribution in [0.25, 0.3) is 6.08 Å². The summed E-state index contributed by atoms with van der Waals surface area (Å²) in [5.41, 5.74) is 1.48. The second-order valence-electron chi connectivity index (χ2n) is 7.21. The SMILES string of the molecule is COc1cc(CCC(=O)Oc2cc(C)c3c(c2)O/C(=C\c2ccc([N+](=O)[O-])cc2)C3=O)on1. The van der Waals surface area contributed by atoms with Crippen molar-refractivity contribution in [2.45, 2.75) is 19.8 Å². The number of Topliss-reactive ketones (excluding diaryl/α,β-unsaturated/α-hetero) is 1. The Kier molecular flexibility index (Phi) is 5.90. The number of nitrogens with zero attached hydrogens (tertiary/aromatic N) is 2. The van der Waals surface area contributed by atoms with Gasteiger partial charge in [0.25, 0.3) is 11.6 Å². The van der Waals surface area contributed by atoms with Gasteiger partial charge in [0.15, 0.2) is 5.76 Å². The van der Waals surface area contributed by atoms with Crippen LogP contribution in [0.3, 0.4) is 0 Å². The number of carbonyl (C=O) groups excluding carboxylic acids is 2. The molecule has 1 aromatic heterocycles. The summed E-state index contributed by atoms with van der Waals surface area (Å²) in [6.45, 7) is 1.72. The van der Waals surface area contributed by atoms with Crippen molar-refractivity contribution in [3.05, 3.63) is 80.8 Å². The molecule has 168 valence electrons. The molecule has 2 aromatic carbocycles. The van der Waals surface area contributed by atoms with E-state index in [1.165, 1.54) is 43.5 Å². The molecule has 4 rings (SSSR count). The lowest BCUT2D eigenvalue weighted by Crippen LogP contribution is -2.09. The Bertz CT molecular complexity index is 1270. The van der Waals surface area contributed by atoms with E-state index in [1.54, 1.807) is 19.1 Å². The van der Waals surface area contributed by atoms with Crippen molar-refractivity contribution in [1.82, 2.24) is 5.16 Å². The number of non-ortho nitro benzene ring substituents is 1. The van der Waals surface area contributed by atoms with Crippen molar-refractivity contribution >= 4 is 23.5 Å². The maximum Gasteiger partial charge on any atom is 0.311 e. The fourth-order valence-electron chi connectivity index (χ4n) is 3.30. The molecule has 2 heterocycles. The molecule has 10 nitrogen and oxygen atoms in total. The molecule has 0 aliphatic carbocycles. The van der Waals surface area contributed by atoms with E-state index in [9.17, 15) is 19.7 Å². The summed E-state index contributed by atoms with van der Waals surface area (Å²) >= 11 is 0. The van der Waals surface area contributed by atoms with E-state index in [2.05, 4.69) is 5.16 Å². The number of allylic oxidation sites excluding steroid dienone is 1. The van der Waals surface area contributed by atoms with Gasteiger partial charge < -0.3 is 18.7 Å². The average Bonchev–Trinajstić information content (AvgIpc) is 3.37. The van der Waals surface area contributed by atoms with Crippen molar-refractivity contribution in [2.75, 3.05) is 7.11 Å². The van der Waals surface area contributed by atoms with E-state index in [1.807, 2.05) is 0 Å². The molecule has 0 fully saturated rings. The molecule has 0 atom stereocenters. The Balaban J connectivity index is 1.45. The van der Waals surface area contributed by atoms with Gasteiger partial charge in [-0.05, 0) is 47.5 Å². The van der Waals surface area contributed by atoms with E-state index >= 15 is 0 Å². The normalized spacial score (nSPS) is 13.5. The lowest BCUT2D eigenvalue weighted by Gasteiger charge is -2.07. The summed E-state index contributed by atoms with van der Waals surface area (Å²) in [7, 11) is 1.46. The Morgan fingerprint density at radius 1 is 1.21 bits per heavy atom. The minimum absolute atomic E-state index is 0.0520. The molecule has 0 spiro atoms. The van der Waals surface area contributed by atoms with E-state index in [0.717, 1.165) is 0 Å². The molecule has 0 unspecified atom stereocenters. The Hall–Kier alpha value is -4.47. The van der Waals surface area contributed by atoms with Gasteiger partial charge in [-0.15, -0.1) is 0 Å². The van der Waals surface area contributed by atoms with Gasteiger partial charge in [-0.3, -0.25) is 19.7 Å². The molecule has 0 saturated carbocycles. The number of methoxy groups -OCH3 is 1. The Morgan fingerprint density at radius 2 is 1.97 bits per heavy atom. The largest absolute Gasteiger partial charge is 0.479 e. The highest BCUT2D eigenvalue weighted by Gasteiger charge is 2.30. The highest BCUT2D eigenvalue weighted by atomic mass is 16.6. The molecular formula is C23H18N2O8. The number of aryl methyl sites for hydroxylation is 2. The van der Waals surface area contributed by atoms with Gasteiger partial charge in [0.2, 0.25) is 5.78 Å². The molecule has 1 aliphatic rings. The first kappa shape index (κ1) is 21.8. The van der Waals surface area contributed by atoms with Crippen molar-refractivity contribution < 1.29 is 33.2 Å². The van der Waals surface area contributed by atoms with Crippen molar-refractivity contribution in [1.29, 1.82) is 0 Å². The van der Waals surface area contributed by atoms with Gasteiger partial charge in [-0.25, -0.2) is 0 Å². The first-order valence-corrected chi connectivity index (χ1v) is 9.87. The summed E-state index contributed by atoms with van der Waals surface area (Å²) in [5.74, 6) is 0.598. The first-order valence-electron chi connectivity index (χ1n) is 9.87.